The second-order valence-electron chi connectivity index (χ2n) is 8.98. The third kappa shape index (κ3) is 6.25. The molecule has 2 amide bonds. The van der Waals surface area contributed by atoms with E-state index in [0.29, 0.717) is 40.7 Å². The average molecular weight is 520 g/mol. The molecule has 34 heavy (non-hydrogen) atoms. The van der Waals surface area contributed by atoms with Crippen LogP contribution in [-0.4, -0.2) is 57.4 Å². The fourth-order valence-electron chi connectivity index (χ4n) is 4.65. The quantitative estimate of drug-likeness (QED) is 0.527. The molecule has 2 aliphatic rings. The van der Waals surface area contributed by atoms with E-state index in [9.17, 15) is 9.59 Å². The van der Waals surface area contributed by atoms with Crippen LogP contribution in [0.3, 0.4) is 0 Å². The Morgan fingerprint density at radius 2 is 2.06 bits per heavy atom. The van der Waals surface area contributed by atoms with Gasteiger partial charge >= 0.3 is 0 Å². The summed E-state index contributed by atoms with van der Waals surface area (Å²) in [5.41, 5.74) is 1.77. The van der Waals surface area contributed by atoms with Crippen molar-refractivity contribution in [2.24, 2.45) is 5.92 Å². The molecule has 10 heteroatoms. The van der Waals surface area contributed by atoms with E-state index in [-0.39, 0.29) is 18.4 Å². The summed E-state index contributed by atoms with van der Waals surface area (Å²) in [6.45, 7) is 3.08. The van der Waals surface area contributed by atoms with Crippen LogP contribution in [0.1, 0.15) is 44.1 Å². The first-order valence-electron chi connectivity index (χ1n) is 11.7. The summed E-state index contributed by atoms with van der Waals surface area (Å²) in [5, 5.41) is 9.61. The number of nitrogens with zero attached hydrogens (tertiary/aromatic N) is 3. The lowest BCUT2D eigenvalue weighted by molar-refractivity contribution is -0.142. The van der Waals surface area contributed by atoms with Crippen molar-refractivity contribution in [2.75, 3.05) is 30.3 Å². The molecule has 0 radical (unpaired) electrons. The Morgan fingerprint density at radius 1 is 1.26 bits per heavy atom. The van der Waals surface area contributed by atoms with Crippen LogP contribution < -0.4 is 10.6 Å². The monoisotopic (exact) mass is 519 g/mol. The van der Waals surface area contributed by atoms with Crippen LogP contribution >= 0.6 is 35.2 Å². The molecule has 1 aliphatic heterocycles. The van der Waals surface area contributed by atoms with Gasteiger partial charge in [-0.2, -0.15) is 0 Å². The number of aryl methyl sites for hydroxylation is 1. The van der Waals surface area contributed by atoms with Gasteiger partial charge in [-0.05, 0) is 49.2 Å². The highest BCUT2D eigenvalue weighted by Crippen LogP contribution is 2.30. The van der Waals surface area contributed by atoms with Gasteiger partial charge in [-0.1, -0.05) is 49.8 Å². The van der Waals surface area contributed by atoms with Gasteiger partial charge in [0.05, 0.1) is 6.54 Å². The van der Waals surface area contributed by atoms with Gasteiger partial charge in [0.1, 0.15) is 6.04 Å². The number of anilines is 2. The minimum absolute atomic E-state index is 0.0903. The van der Waals surface area contributed by atoms with E-state index in [0.717, 1.165) is 24.1 Å². The minimum Gasteiger partial charge on any atom is -0.338 e. The van der Waals surface area contributed by atoms with Crippen molar-refractivity contribution in [1.82, 2.24) is 14.8 Å². The zero-order valence-electron chi connectivity index (χ0n) is 19.3. The smallest absolute Gasteiger partial charge is 0.248 e. The van der Waals surface area contributed by atoms with Gasteiger partial charge in [0.2, 0.25) is 11.8 Å². The van der Waals surface area contributed by atoms with E-state index < -0.39 is 6.04 Å². The van der Waals surface area contributed by atoms with Crippen molar-refractivity contribution >= 4 is 62.9 Å². The number of carbonyl (C=O) groups excluding carboxylic acids is 2. The molecule has 2 N–H and O–H groups in total. The van der Waals surface area contributed by atoms with Crippen LogP contribution in [0.4, 0.5) is 10.8 Å². The number of hydrogen-bond donors (Lipinski definition) is 2. The number of amides is 2. The van der Waals surface area contributed by atoms with Gasteiger partial charge in [-0.15, -0.1) is 11.3 Å². The predicted octanol–water partition coefficient (Wildman–Crippen LogP) is 4.92. The zero-order chi connectivity index (χ0) is 24.1. The molecule has 0 bridgehead atoms. The SMILES string of the molecule is Cc1ccc(NC(=S)N2CCN([C@@H](CC3CCCCC3)C(=O)Nc3nccs3)C(=O)C2)cc1Cl. The number of benzene rings is 1. The van der Waals surface area contributed by atoms with Gasteiger partial charge in [-0.3, -0.25) is 9.59 Å². The third-order valence-corrected chi connectivity index (χ3v) is 8.05. The molecule has 1 saturated heterocycles. The normalized spacial score (nSPS) is 18.0. The van der Waals surface area contributed by atoms with E-state index in [1.165, 1.54) is 30.6 Å². The number of aromatic nitrogens is 1. The highest BCUT2D eigenvalue weighted by atomic mass is 35.5. The van der Waals surface area contributed by atoms with Gasteiger partial charge in [0.25, 0.3) is 0 Å². The van der Waals surface area contributed by atoms with E-state index in [2.05, 4.69) is 15.6 Å². The molecule has 1 aromatic heterocycles. The topological polar surface area (TPSA) is 77.6 Å². The molecule has 1 aliphatic carbocycles. The van der Waals surface area contributed by atoms with Gasteiger partial charge < -0.3 is 20.4 Å². The molecule has 7 nitrogen and oxygen atoms in total. The number of piperazine rings is 1. The van der Waals surface area contributed by atoms with Crippen molar-refractivity contribution in [3.05, 3.63) is 40.4 Å². The van der Waals surface area contributed by atoms with Crippen molar-refractivity contribution < 1.29 is 9.59 Å². The van der Waals surface area contributed by atoms with Crippen LogP contribution in [0.2, 0.25) is 5.02 Å². The Balaban J connectivity index is 1.41. The summed E-state index contributed by atoms with van der Waals surface area (Å²) in [5.74, 6) is 0.213. The Morgan fingerprint density at radius 3 is 2.74 bits per heavy atom. The second kappa shape index (κ2) is 11.5. The lowest BCUT2D eigenvalue weighted by Gasteiger charge is -2.40. The maximum atomic E-state index is 13.2. The number of hydrogen-bond acceptors (Lipinski definition) is 5. The van der Waals surface area contributed by atoms with Gasteiger partial charge in [-0.25, -0.2) is 4.98 Å². The van der Waals surface area contributed by atoms with Crippen LogP contribution in [0.25, 0.3) is 0 Å². The number of carbonyl (C=O) groups is 2. The number of rotatable bonds is 6. The van der Waals surface area contributed by atoms with Crippen molar-refractivity contribution in [2.45, 2.75) is 51.5 Å². The Labute approximate surface area is 214 Å². The number of nitrogens with one attached hydrogen (secondary N) is 2. The molecule has 2 heterocycles. The van der Waals surface area contributed by atoms with Gasteiger partial charge in [0.15, 0.2) is 10.2 Å². The molecule has 2 fully saturated rings. The standard InChI is InChI=1S/C24H30ClN5O2S2/c1-16-7-8-18(14-19(16)25)27-24(33)29-10-11-30(21(31)15-29)20(13-17-5-3-2-4-6-17)22(32)28-23-26-9-12-34-23/h7-9,12,14,17,20H,2-6,10-11,13,15H2,1H3,(H,27,33)(H,26,28,32)/t20-/m0/s1. The average Bonchev–Trinajstić information content (AvgIpc) is 3.34. The molecular weight excluding hydrogens is 490 g/mol. The number of thiazole rings is 1. The summed E-state index contributed by atoms with van der Waals surface area (Å²) < 4.78 is 0. The van der Waals surface area contributed by atoms with E-state index in [1.54, 1.807) is 11.1 Å². The lowest BCUT2D eigenvalue weighted by atomic mass is 9.84. The first kappa shape index (κ1) is 24.9. The lowest BCUT2D eigenvalue weighted by Crippen LogP contribution is -2.59. The molecule has 0 spiro atoms. The first-order chi connectivity index (χ1) is 16.4. The largest absolute Gasteiger partial charge is 0.338 e. The maximum absolute atomic E-state index is 13.2. The predicted molar refractivity (Wildman–Crippen MR) is 141 cm³/mol. The summed E-state index contributed by atoms with van der Waals surface area (Å²) in [6.07, 6.45) is 8.21. The van der Waals surface area contributed by atoms with Crippen molar-refractivity contribution in [1.29, 1.82) is 0 Å². The first-order valence-corrected chi connectivity index (χ1v) is 13.4. The Hall–Kier alpha value is -2.23. The van der Waals surface area contributed by atoms with Crippen LogP contribution in [0, 0.1) is 12.8 Å². The van der Waals surface area contributed by atoms with E-state index in [1.807, 2.05) is 35.4 Å². The summed E-state index contributed by atoms with van der Waals surface area (Å²) in [7, 11) is 0. The molecule has 4 rings (SSSR count). The second-order valence-corrected chi connectivity index (χ2v) is 10.7. The van der Waals surface area contributed by atoms with Crippen LogP contribution in [0.5, 0.6) is 0 Å². The van der Waals surface area contributed by atoms with Crippen LogP contribution in [0.15, 0.2) is 29.8 Å². The highest BCUT2D eigenvalue weighted by Gasteiger charge is 2.36. The van der Waals surface area contributed by atoms with E-state index in [4.69, 9.17) is 23.8 Å². The molecule has 1 aromatic carbocycles. The van der Waals surface area contributed by atoms with Crippen LogP contribution in [-0.2, 0) is 9.59 Å². The molecular formula is C24H30ClN5O2S2. The maximum Gasteiger partial charge on any atom is 0.248 e. The zero-order valence-corrected chi connectivity index (χ0v) is 21.6. The number of thiocarbonyl (C=S) groups is 1. The highest BCUT2D eigenvalue weighted by molar-refractivity contribution is 7.80. The summed E-state index contributed by atoms with van der Waals surface area (Å²) in [4.78, 5) is 34.2. The fraction of sp³-hybridized carbons (Fsp3) is 0.500. The van der Waals surface area contributed by atoms with Crippen molar-refractivity contribution in [3.8, 4) is 0 Å². The molecule has 0 unspecified atom stereocenters. The Kier molecular flexibility index (Phi) is 8.39. The fourth-order valence-corrected chi connectivity index (χ4v) is 5.64. The molecule has 2 aromatic rings. The summed E-state index contributed by atoms with van der Waals surface area (Å²) in [6, 6.07) is 5.16. The van der Waals surface area contributed by atoms with Crippen molar-refractivity contribution in [3.63, 3.8) is 0 Å². The summed E-state index contributed by atoms with van der Waals surface area (Å²) >= 11 is 13.2. The minimum atomic E-state index is -0.501. The molecule has 1 atom stereocenters. The third-order valence-electron chi connectivity index (χ3n) is 6.59. The van der Waals surface area contributed by atoms with E-state index >= 15 is 0 Å². The number of halogens is 1. The molecule has 1 saturated carbocycles. The molecule has 182 valence electrons. The van der Waals surface area contributed by atoms with Gasteiger partial charge in [0, 0.05) is 35.4 Å². The Bertz CT molecular complexity index is 1030.